The molecule has 1 aromatic rings. The van der Waals surface area contributed by atoms with Crippen LogP contribution in [0.5, 0.6) is 0 Å². The third-order valence-corrected chi connectivity index (χ3v) is 3.51. The molecule has 0 aliphatic carbocycles. The van der Waals surface area contributed by atoms with E-state index in [2.05, 4.69) is 20.9 Å². The monoisotopic (exact) mass is 298 g/mol. The Balaban J connectivity index is 2.18. The zero-order valence-corrected chi connectivity index (χ0v) is 11.1. The minimum absolute atomic E-state index is 0.0214. The highest BCUT2D eigenvalue weighted by molar-refractivity contribution is 9.10. The number of hydrogen-bond donors (Lipinski definition) is 1. The van der Waals surface area contributed by atoms with E-state index in [1.807, 2.05) is 0 Å². The summed E-state index contributed by atoms with van der Waals surface area (Å²) in [7, 11) is 0. The van der Waals surface area contributed by atoms with Crippen LogP contribution in [0, 0.1) is 0 Å². The molecule has 1 saturated heterocycles. The van der Waals surface area contributed by atoms with E-state index in [0.717, 1.165) is 25.8 Å². The summed E-state index contributed by atoms with van der Waals surface area (Å²) >= 11 is 3.26. The van der Waals surface area contributed by atoms with Crippen LogP contribution in [0.1, 0.15) is 29.6 Å². The van der Waals surface area contributed by atoms with Crippen molar-refractivity contribution in [2.75, 3.05) is 13.2 Å². The zero-order valence-electron chi connectivity index (χ0n) is 9.47. The molecule has 1 aromatic heterocycles. The second-order valence-electron chi connectivity index (χ2n) is 4.20. The van der Waals surface area contributed by atoms with Crippen LogP contribution >= 0.6 is 15.9 Å². The molecule has 1 aliphatic rings. The van der Waals surface area contributed by atoms with Gasteiger partial charge in [-0.05, 0) is 47.3 Å². The first-order chi connectivity index (χ1) is 8.22. The van der Waals surface area contributed by atoms with Crippen LogP contribution in [0.3, 0.4) is 0 Å². The average molecular weight is 299 g/mol. The Hall–Kier alpha value is -0.940. The molecule has 0 radical (unpaired) electrons. The van der Waals surface area contributed by atoms with Gasteiger partial charge in [-0.15, -0.1) is 0 Å². The number of amides is 1. The highest BCUT2D eigenvalue weighted by atomic mass is 79.9. The molecule has 5 heteroatoms. The van der Waals surface area contributed by atoms with Crippen molar-refractivity contribution in [2.24, 2.45) is 0 Å². The average Bonchev–Trinajstić information content (AvgIpc) is 2.38. The molecule has 2 heterocycles. The fraction of sp³-hybridized carbons (Fsp3) is 0.500. The van der Waals surface area contributed by atoms with E-state index >= 15 is 0 Å². The van der Waals surface area contributed by atoms with Crippen LogP contribution in [0.15, 0.2) is 22.9 Å². The number of rotatable bonds is 2. The summed E-state index contributed by atoms with van der Waals surface area (Å²) in [5, 5.41) is 9.30. The van der Waals surface area contributed by atoms with Gasteiger partial charge in [0, 0.05) is 18.3 Å². The molecule has 1 aliphatic heterocycles. The summed E-state index contributed by atoms with van der Waals surface area (Å²) in [4.78, 5) is 18.1. The normalized spacial score (nSPS) is 20.4. The van der Waals surface area contributed by atoms with Crippen LogP contribution in [0.4, 0.5) is 0 Å². The standard InChI is InChI=1S/C12H15BrN2O2/c13-11-7-9(4-5-14-11)12(17)15-6-2-1-3-10(15)8-16/h4-5,7,10,16H,1-3,6,8H2. The molecule has 4 nitrogen and oxygen atoms in total. The van der Waals surface area contributed by atoms with Gasteiger partial charge in [0.25, 0.3) is 5.91 Å². The predicted octanol–water partition coefficient (Wildman–Crippen LogP) is 1.83. The van der Waals surface area contributed by atoms with Crippen LogP contribution in [0.2, 0.25) is 0 Å². The van der Waals surface area contributed by atoms with Crippen molar-refractivity contribution in [2.45, 2.75) is 25.3 Å². The Morgan fingerprint density at radius 3 is 3.12 bits per heavy atom. The number of pyridine rings is 1. The lowest BCUT2D eigenvalue weighted by atomic mass is 10.0. The first kappa shape index (κ1) is 12.5. The number of aliphatic hydroxyl groups is 1. The number of likely N-dealkylation sites (tertiary alicyclic amines) is 1. The van der Waals surface area contributed by atoms with Crippen molar-refractivity contribution in [3.63, 3.8) is 0 Å². The van der Waals surface area contributed by atoms with Gasteiger partial charge in [-0.2, -0.15) is 0 Å². The largest absolute Gasteiger partial charge is 0.394 e. The number of hydrogen-bond acceptors (Lipinski definition) is 3. The Bertz CT molecular complexity index is 411. The number of halogens is 1. The number of aromatic nitrogens is 1. The Kier molecular flexibility index (Phi) is 4.12. The van der Waals surface area contributed by atoms with E-state index < -0.39 is 0 Å². The molecule has 1 unspecified atom stereocenters. The van der Waals surface area contributed by atoms with Gasteiger partial charge < -0.3 is 10.0 Å². The van der Waals surface area contributed by atoms with E-state index in [4.69, 9.17) is 0 Å². The molecular weight excluding hydrogens is 284 g/mol. The quantitative estimate of drug-likeness (QED) is 0.848. The first-order valence-corrected chi connectivity index (χ1v) is 6.55. The van der Waals surface area contributed by atoms with Crippen molar-refractivity contribution in [3.05, 3.63) is 28.5 Å². The van der Waals surface area contributed by atoms with Gasteiger partial charge in [-0.3, -0.25) is 4.79 Å². The third kappa shape index (κ3) is 2.84. The third-order valence-electron chi connectivity index (χ3n) is 3.07. The second-order valence-corrected chi connectivity index (χ2v) is 5.01. The molecule has 1 fully saturated rings. The molecule has 2 rings (SSSR count). The van der Waals surface area contributed by atoms with Gasteiger partial charge in [0.1, 0.15) is 4.60 Å². The summed E-state index contributed by atoms with van der Waals surface area (Å²) in [6, 6.07) is 3.38. The number of nitrogens with zero attached hydrogens (tertiary/aromatic N) is 2. The molecule has 92 valence electrons. The van der Waals surface area contributed by atoms with Crippen molar-refractivity contribution in [1.82, 2.24) is 9.88 Å². The van der Waals surface area contributed by atoms with Crippen LogP contribution in [-0.2, 0) is 0 Å². The van der Waals surface area contributed by atoms with E-state index in [1.54, 1.807) is 23.2 Å². The van der Waals surface area contributed by atoms with Crippen molar-refractivity contribution in [3.8, 4) is 0 Å². The van der Waals surface area contributed by atoms with Crippen LogP contribution < -0.4 is 0 Å². The molecule has 17 heavy (non-hydrogen) atoms. The lowest BCUT2D eigenvalue weighted by molar-refractivity contribution is 0.0503. The smallest absolute Gasteiger partial charge is 0.254 e. The summed E-state index contributed by atoms with van der Waals surface area (Å²) in [5.74, 6) is -0.0214. The SMILES string of the molecule is O=C(c1ccnc(Br)c1)N1CCCCC1CO. The van der Waals surface area contributed by atoms with Crippen LogP contribution in [-0.4, -0.2) is 40.1 Å². The summed E-state index contributed by atoms with van der Waals surface area (Å²) < 4.78 is 0.654. The molecule has 0 aromatic carbocycles. The molecule has 1 amide bonds. The summed E-state index contributed by atoms with van der Waals surface area (Å²) in [6.45, 7) is 0.766. The first-order valence-electron chi connectivity index (χ1n) is 5.76. The highest BCUT2D eigenvalue weighted by Gasteiger charge is 2.26. The fourth-order valence-electron chi connectivity index (χ4n) is 2.16. The number of piperidine rings is 1. The van der Waals surface area contributed by atoms with Gasteiger partial charge in [0.15, 0.2) is 0 Å². The summed E-state index contributed by atoms with van der Waals surface area (Å²) in [6.07, 6.45) is 4.58. The van der Waals surface area contributed by atoms with E-state index in [9.17, 15) is 9.90 Å². The van der Waals surface area contributed by atoms with Gasteiger partial charge in [0.05, 0.1) is 12.6 Å². The maximum atomic E-state index is 12.3. The summed E-state index contributed by atoms with van der Waals surface area (Å²) in [5.41, 5.74) is 0.618. The maximum absolute atomic E-state index is 12.3. The fourth-order valence-corrected chi connectivity index (χ4v) is 2.52. The Morgan fingerprint density at radius 2 is 2.41 bits per heavy atom. The lowest BCUT2D eigenvalue weighted by Crippen LogP contribution is -2.45. The number of carbonyl (C=O) groups is 1. The molecule has 0 saturated carbocycles. The van der Waals surface area contributed by atoms with Crippen molar-refractivity contribution in [1.29, 1.82) is 0 Å². The number of aliphatic hydroxyl groups excluding tert-OH is 1. The van der Waals surface area contributed by atoms with Gasteiger partial charge >= 0.3 is 0 Å². The lowest BCUT2D eigenvalue weighted by Gasteiger charge is -2.34. The molecule has 0 spiro atoms. The zero-order chi connectivity index (χ0) is 12.3. The number of carbonyl (C=O) groups excluding carboxylic acids is 1. The van der Waals surface area contributed by atoms with Crippen molar-refractivity contribution >= 4 is 21.8 Å². The second kappa shape index (κ2) is 5.60. The van der Waals surface area contributed by atoms with Gasteiger partial charge in [0.2, 0.25) is 0 Å². The Labute approximate surface area is 109 Å². The molecule has 1 atom stereocenters. The van der Waals surface area contributed by atoms with E-state index in [-0.39, 0.29) is 18.6 Å². The highest BCUT2D eigenvalue weighted by Crippen LogP contribution is 2.20. The molecular formula is C12H15BrN2O2. The minimum atomic E-state index is -0.0387. The Morgan fingerprint density at radius 1 is 1.59 bits per heavy atom. The van der Waals surface area contributed by atoms with Crippen LogP contribution in [0.25, 0.3) is 0 Å². The van der Waals surface area contributed by atoms with E-state index in [0.29, 0.717) is 10.2 Å². The molecule has 1 N–H and O–H groups in total. The molecule has 0 bridgehead atoms. The van der Waals surface area contributed by atoms with E-state index in [1.165, 1.54) is 0 Å². The van der Waals surface area contributed by atoms with Gasteiger partial charge in [-0.1, -0.05) is 0 Å². The van der Waals surface area contributed by atoms with Gasteiger partial charge in [-0.25, -0.2) is 4.98 Å². The van der Waals surface area contributed by atoms with Crippen molar-refractivity contribution < 1.29 is 9.90 Å². The topological polar surface area (TPSA) is 53.4 Å². The minimum Gasteiger partial charge on any atom is -0.394 e. The maximum Gasteiger partial charge on any atom is 0.254 e. The predicted molar refractivity (Wildman–Crippen MR) is 67.7 cm³/mol.